The molecule has 1 unspecified atom stereocenters. The SMILES string of the molecule is CCC(C)CN(CC)c1ccc(N)cc1C(F)F. The van der Waals surface area contributed by atoms with E-state index in [0.29, 0.717) is 23.8 Å². The largest absolute Gasteiger partial charge is 0.399 e. The van der Waals surface area contributed by atoms with Crippen LogP contribution in [0.2, 0.25) is 0 Å². The van der Waals surface area contributed by atoms with Crippen molar-refractivity contribution in [2.24, 2.45) is 5.92 Å². The lowest BCUT2D eigenvalue weighted by Gasteiger charge is -2.28. The van der Waals surface area contributed by atoms with Crippen LogP contribution in [-0.4, -0.2) is 13.1 Å². The smallest absolute Gasteiger partial charge is 0.265 e. The van der Waals surface area contributed by atoms with Crippen LogP contribution in [0.5, 0.6) is 0 Å². The van der Waals surface area contributed by atoms with Crippen LogP contribution >= 0.6 is 0 Å². The predicted octanol–water partition coefficient (Wildman–Crippen LogP) is 4.08. The molecule has 0 radical (unpaired) electrons. The van der Waals surface area contributed by atoms with Gasteiger partial charge in [0.1, 0.15) is 0 Å². The minimum atomic E-state index is -2.49. The van der Waals surface area contributed by atoms with E-state index in [1.165, 1.54) is 6.07 Å². The van der Waals surface area contributed by atoms with Crippen molar-refractivity contribution in [1.82, 2.24) is 0 Å². The first-order valence-electron chi connectivity index (χ1n) is 6.42. The summed E-state index contributed by atoms with van der Waals surface area (Å²) in [6.07, 6.45) is -1.45. The molecule has 0 aromatic heterocycles. The standard InChI is InChI=1S/C14H22F2N2/c1-4-10(3)9-18(5-2)13-7-6-11(17)8-12(13)14(15)16/h6-8,10,14H,4-5,9,17H2,1-3H3. The Morgan fingerprint density at radius 3 is 2.44 bits per heavy atom. The first kappa shape index (κ1) is 14.7. The van der Waals surface area contributed by atoms with Gasteiger partial charge in [0.15, 0.2) is 0 Å². The Morgan fingerprint density at radius 2 is 1.94 bits per heavy atom. The second kappa shape index (κ2) is 6.57. The van der Waals surface area contributed by atoms with E-state index in [4.69, 9.17) is 5.73 Å². The van der Waals surface area contributed by atoms with Gasteiger partial charge in [0.05, 0.1) is 0 Å². The average Bonchev–Trinajstić information content (AvgIpc) is 2.35. The van der Waals surface area contributed by atoms with E-state index in [2.05, 4.69) is 13.8 Å². The molecule has 0 aliphatic rings. The highest BCUT2D eigenvalue weighted by atomic mass is 19.3. The molecule has 0 heterocycles. The summed E-state index contributed by atoms with van der Waals surface area (Å²) >= 11 is 0. The summed E-state index contributed by atoms with van der Waals surface area (Å²) in [5.74, 6) is 0.480. The van der Waals surface area contributed by atoms with Crippen LogP contribution < -0.4 is 10.6 Å². The second-order valence-corrected chi connectivity index (χ2v) is 4.67. The molecule has 0 spiro atoms. The molecule has 2 N–H and O–H groups in total. The van der Waals surface area contributed by atoms with Crippen LogP contribution in [0.15, 0.2) is 18.2 Å². The fourth-order valence-corrected chi connectivity index (χ4v) is 1.94. The van der Waals surface area contributed by atoms with Gasteiger partial charge < -0.3 is 10.6 Å². The molecule has 4 heteroatoms. The highest BCUT2D eigenvalue weighted by Gasteiger charge is 2.18. The second-order valence-electron chi connectivity index (χ2n) is 4.67. The van der Waals surface area contributed by atoms with E-state index in [1.807, 2.05) is 11.8 Å². The third-order valence-corrected chi connectivity index (χ3v) is 3.24. The van der Waals surface area contributed by atoms with Crippen LogP contribution in [0.3, 0.4) is 0 Å². The number of nitrogens with two attached hydrogens (primary N) is 1. The summed E-state index contributed by atoms with van der Waals surface area (Å²) in [5, 5.41) is 0. The fourth-order valence-electron chi connectivity index (χ4n) is 1.94. The van der Waals surface area contributed by atoms with Crippen LogP contribution in [0.4, 0.5) is 20.2 Å². The zero-order valence-electron chi connectivity index (χ0n) is 11.3. The lowest BCUT2D eigenvalue weighted by atomic mass is 10.1. The minimum Gasteiger partial charge on any atom is -0.399 e. The van der Waals surface area contributed by atoms with E-state index in [0.717, 1.165) is 13.0 Å². The van der Waals surface area contributed by atoms with Crippen LogP contribution in [0.25, 0.3) is 0 Å². The van der Waals surface area contributed by atoms with Gasteiger partial charge in [-0.25, -0.2) is 8.78 Å². The van der Waals surface area contributed by atoms with Gasteiger partial charge in [-0.05, 0) is 31.0 Å². The number of nitrogens with zero attached hydrogens (tertiary/aromatic N) is 1. The zero-order valence-corrected chi connectivity index (χ0v) is 11.3. The Labute approximate surface area is 108 Å². The van der Waals surface area contributed by atoms with Gasteiger partial charge in [-0.1, -0.05) is 20.3 Å². The monoisotopic (exact) mass is 256 g/mol. The number of rotatable bonds is 6. The van der Waals surface area contributed by atoms with Gasteiger partial charge in [0.2, 0.25) is 0 Å². The Balaban J connectivity index is 3.04. The number of hydrogen-bond acceptors (Lipinski definition) is 2. The topological polar surface area (TPSA) is 29.3 Å². The lowest BCUT2D eigenvalue weighted by molar-refractivity contribution is 0.152. The third kappa shape index (κ3) is 3.59. The molecule has 102 valence electrons. The molecule has 0 saturated heterocycles. The Morgan fingerprint density at radius 1 is 1.28 bits per heavy atom. The molecule has 1 aromatic rings. The molecule has 0 bridgehead atoms. The average molecular weight is 256 g/mol. The first-order valence-corrected chi connectivity index (χ1v) is 6.42. The number of nitrogen functional groups attached to an aromatic ring is 1. The molecule has 0 amide bonds. The van der Waals surface area contributed by atoms with Crippen molar-refractivity contribution >= 4 is 11.4 Å². The van der Waals surface area contributed by atoms with E-state index in [1.54, 1.807) is 12.1 Å². The molecule has 0 aliphatic carbocycles. The molecule has 2 nitrogen and oxygen atoms in total. The molecular weight excluding hydrogens is 234 g/mol. The zero-order chi connectivity index (χ0) is 13.7. The molecular formula is C14H22F2N2. The maximum Gasteiger partial charge on any atom is 0.265 e. The molecule has 1 atom stereocenters. The van der Waals surface area contributed by atoms with Crippen molar-refractivity contribution in [2.75, 3.05) is 23.7 Å². The molecule has 18 heavy (non-hydrogen) atoms. The number of halogens is 2. The van der Waals surface area contributed by atoms with Crippen molar-refractivity contribution in [3.8, 4) is 0 Å². The molecule has 1 rings (SSSR count). The Kier molecular flexibility index (Phi) is 5.38. The molecule has 1 aromatic carbocycles. The summed E-state index contributed by atoms with van der Waals surface area (Å²) in [5.41, 5.74) is 6.59. The summed E-state index contributed by atoms with van der Waals surface area (Å²) < 4.78 is 26.1. The molecule has 0 fully saturated rings. The van der Waals surface area contributed by atoms with E-state index in [9.17, 15) is 8.78 Å². The summed E-state index contributed by atoms with van der Waals surface area (Å²) in [7, 11) is 0. The summed E-state index contributed by atoms with van der Waals surface area (Å²) in [6, 6.07) is 4.75. The number of alkyl halides is 2. The van der Waals surface area contributed by atoms with Crippen molar-refractivity contribution in [3.63, 3.8) is 0 Å². The first-order chi connectivity index (χ1) is 8.49. The minimum absolute atomic E-state index is 0.0279. The van der Waals surface area contributed by atoms with Crippen LogP contribution in [0.1, 0.15) is 39.2 Å². The van der Waals surface area contributed by atoms with Crippen molar-refractivity contribution < 1.29 is 8.78 Å². The van der Waals surface area contributed by atoms with Crippen molar-refractivity contribution in [2.45, 2.75) is 33.6 Å². The number of anilines is 2. The third-order valence-electron chi connectivity index (χ3n) is 3.24. The van der Waals surface area contributed by atoms with Gasteiger partial charge in [0, 0.05) is 30.0 Å². The van der Waals surface area contributed by atoms with Gasteiger partial charge in [-0.3, -0.25) is 0 Å². The Hall–Kier alpha value is -1.32. The van der Waals surface area contributed by atoms with Crippen LogP contribution in [-0.2, 0) is 0 Å². The fraction of sp³-hybridized carbons (Fsp3) is 0.571. The summed E-state index contributed by atoms with van der Waals surface area (Å²) in [4.78, 5) is 2.00. The molecule has 0 saturated carbocycles. The number of hydrogen-bond donors (Lipinski definition) is 1. The highest BCUT2D eigenvalue weighted by Crippen LogP contribution is 2.32. The molecule has 0 aliphatic heterocycles. The van der Waals surface area contributed by atoms with Gasteiger partial charge in [-0.15, -0.1) is 0 Å². The summed E-state index contributed by atoms with van der Waals surface area (Å²) in [6.45, 7) is 7.72. The quantitative estimate of drug-likeness (QED) is 0.777. The van der Waals surface area contributed by atoms with Crippen molar-refractivity contribution in [1.29, 1.82) is 0 Å². The van der Waals surface area contributed by atoms with Gasteiger partial charge >= 0.3 is 0 Å². The van der Waals surface area contributed by atoms with Crippen molar-refractivity contribution in [3.05, 3.63) is 23.8 Å². The number of benzene rings is 1. The Bertz CT molecular complexity index is 380. The maximum atomic E-state index is 13.0. The van der Waals surface area contributed by atoms with E-state index in [-0.39, 0.29) is 5.56 Å². The van der Waals surface area contributed by atoms with Gasteiger partial charge in [0.25, 0.3) is 6.43 Å². The predicted molar refractivity (Wildman–Crippen MR) is 73.2 cm³/mol. The van der Waals surface area contributed by atoms with E-state index >= 15 is 0 Å². The lowest BCUT2D eigenvalue weighted by Crippen LogP contribution is -2.29. The maximum absolute atomic E-state index is 13.0. The van der Waals surface area contributed by atoms with E-state index < -0.39 is 6.43 Å². The normalized spacial score (nSPS) is 12.8. The highest BCUT2D eigenvalue weighted by molar-refractivity contribution is 5.60. The van der Waals surface area contributed by atoms with Crippen LogP contribution in [0, 0.1) is 5.92 Å². The van der Waals surface area contributed by atoms with Gasteiger partial charge in [-0.2, -0.15) is 0 Å².